The Bertz CT molecular complexity index is 685. The van der Waals surface area contributed by atoms with Crippen molar-refractivity contribution < 1.29 is 8.42 Å². The van der Waals surface area contributed by atoms with Crippen LogP contribution in [-0.4, -0.2) is 18.4 Å². The van der Waals surface area contributed by atoms with Crippen LogP contribution in [0.25, 0.3) is 0 Å². The number of hydrogen-bond donors (Lipinski definition) is 1. The van der Waals surface area contributed by atoms with E-state index in [1.54, 1.807) is 25.3 Å². The Balaban J connectivity index is 2.35. The molecule has 1 heterocycles. The molecule has 1 aromatic carbocycles. The normalized spacial score (nSPS) is 13.7. The van der Waals surface area contributed by atoms with Crippen molar-refractivity contribution in [2.45, 2.75) is 43.8 Å². The summed E-state index contributed by atoms with van der Waals surface area (Å²) in [4.78, 5) is 7.69. The monoisotopic (exact) mass is 292 g/mol. The average Bonchev–Trinajstić information content (AvgIpc) is 2.88. The molecule has 0 amide bonds. The molecule has 1 aromatic heterocycles. The van der Waals surface area contributed by atoms with E-state index in [9.17, 15) is 8.42 Å². The molecule has 0 fully saturated rings. The van der Waals surface area contributed by atoms with Crippen LogP contribution in [-0.2, 0) is 9.84 Å². The molecule has 0 aliphatic carbocycles. The molecule has 2 rings (SSSR count). The van der Waals surface area contributed by atoms with Crippen molar-refractivity contribution in [2.24, 2.45) is 0 Å². The number of rotatable bonds is 4. The summed E-state index contributed by atoms with van der Waals surface area (Å²) in [5.41, 5.74) is 1.68. The molecule has 108 valence electrons. The average molecular weight is 292 g/mol. The van der Waals surface area contributed by atoms with Gasteiger partial charge in [-0.1, -0.05) is 31.5 Å². The third-order valence-electron chi connectivity index (χ3n) is 3.41. The summed E-state index contributed by atoms with van der Waals surface area (Å²) in [6, 6.07) is 6.93. The van der Waals surface area contributed by atoms with Gasteiger partial charge in [-0.05, 0) is 26.0 Å². The zero-order valence-electron chi connectivity index (χ0n) is 12.2. The van der Waals surface area contributed by atoms with Gasteiger partial charge in [0.2, 0.25) is 0 Å². The summed E-state index contributed by atoms with van der Waals surface area (Å²) < 4.78 is 25.2. The lowest BCUT2D eigenvalue weighted by molar-refractivity contribution is 0.585. The number of hydrogen-bond acceptors (Lipinski definition) is 3. The molecule has 0 saturated heterocycles. The van der Waals surface area contributed by atoms with Crippen molar-refractivity contribution in [3.05, 3.63) is 47.5 Å². The van der Waals surface area contributed by atoms with Gasteiger partial charge in [0.25, 0.3) is 0 Å². The highest BCUT2D eigenvalue weighted by Crippen LogP contribution is 2.28. The van der Waals surface area contributed by atoms with Crippen LogP contribution in [0.5, 0.6) is 0 Å². The highest BCUT2D eigenvalue weighted by atomic mass is 32.2. The van der Waals surface area contributed by atoms with E-state index in [-0.39, 0.29) is 5.92 Å². The Kier molecular flexibility index (Phi) is 3.99. The number of benzene rings is 1. The second-order valence-corrected chi connectivity index (χ2v) is 7.65. The van der Waals surface area contributed by atoms with Gasteiger partial charge < -0.3 is 4.98 Å². The SMILES string of the molecule is Cc1ccc(S(=O)(=O)C(C)c2cnc(C(C)C)[nH]2)cc1. The molecule has 0 saturated carbocycles. The largest absolute Gasteiger partial charge is 0.345 e. The molecule has 20 heavy (non-hydrogen) atoms. The maximum atomic E-state index is 12.6. The van der Waals surface area contributed by atoms with E-state index in [0.717, 1.165) is 11.4 Å². The third-order valence-corrected chi connectivity index (χ3v) is 5.53. The van der Waals surface area contributed by atoms with Gasteiger partial charge in [-0.2, -0.15) is 0 Å². The lowest BCUT2D eigenvalue weighted by atomic mass is 10.2. The van der Waals surface area contributed by atoms with Crippen LogP contribution in [0.1, 0.15) is 49.0 Å². The van der Waals surface area contributed by atoms with Crippen molar-refractivity contribution in [3.8, 4) is 0 Å². The summed E-state index contributed by atoms with van der Waals surface area (Å²) in [6.07, 6.45) is 1.62. The fourth-order valence-corrected chi connectivity index (χ4v) is 3.33. The predicted molar refractivity (Wildman–Crippen MR) is 79.5 cm³/mol. The number of nitrogens with one attached hydrogen (secondary N) is 1. The molecule has 1 atom stereocenters. The van der Waals surface area contributed by atoms with Crippen molar-refractivity contribution in [1.82, 2.24) is 9.97 Å². The lowest BCUT2D eigenvalue weighted by Gasteiger charge is -2.11. The highest BCUT2D eigenvalue weighted by Gasteiger charge is 2.26. The summed E-state index contributed by atoms with van der Waals surface area (Å²) in [5, 5.41) is -0.634. The van der Waals surface area contributed by atoms with E-state index in [4.69, 9.17) is 0 Å². The van der Waals surface area contributed by atoms with Gasteiger partial charge in [0, 0.05) is 12.1 Å². The fraction of sp³-hybridized carbons (Fsp3) is 0.400. The summed E-state index contributed by atoms with van der Waals surface area (Å²) in [5.74, 6) is 1.06. The maximum absolute atomic E-state index is 12.6. The Morgan fingerprint density at radius 1 is 1.10 bits per heavy atom. The van der Waals surface area contributed by atoms with E-state index >= 15 is 0 Å². The molecule has 4 nitrogen and oxygen atoms in total. The molecule has 0 aliphatic heterocycles. The Hall–Kier alpha value is -1.62. The van der Waals surface area contributed by atoms with Crippen LogP contribution in [0.2, 0.25) is 0 Å². The molecular formula is C15H20N2O2S. The first-order valence-corrected chi connectivity index (χ1v) is 8.22. The topological polar surface area (TPSA) is 62.8 Å². The van der Waals surface area contributed by atoms with Gasteiger partial charge in [-0.25, -0.2) is 13.4 Å². The minimum atomic E-state index is -3.39. The number of H-pyrrole nitrogens is 1. The molecule has 0 spiro atoms. The summed E-state index contributed by atoms with van der Waals surface area (Å²) >= 11 is 0. The van der Waals surface area contributed by atoms with Gasteiger partial charge >= 0.3 is 0 Å². The van der Waals surface area contributed by atoms with Crippen LogP contribution >= 0.6 is 0 Å². The Morgan fingerprint density at radius 3 is 2.20 bits per heavy atom. The first-order chi connectivity index (χ1) is 9.32. The van der Waals surface area contributed by atoms with E-state index in [1.165, 1.54) is 0 Å². The molecule has 2 aromatic rings. The van der Waals surface area contributed by atoms with E-state index in [2.05, 4.69) is 9.97 Å². The minimum absolute atomic E-state index is 0.248. The van der Waals surface area contributed by atoms with Crippen LogP contribution in [0.3, 0.4) is 0 Å². The minimum Gasteiger partial charge on any atom is -0.345 e. The number of aromatic amines is 1. The second-order valence-electron chi connectivity index (χ2n) is 5.38. The van der Waals surface area contributed by atoms with Gasteiger partial charge in [-0.15, -0.1) is 0 Å². The molecule has 0 radical (unpaired) electrons. The van der Waals surface area contributed by atoms with Crippen molar-refractivity contribution in [3.63, 3.8) is 0 Å². The van der Waals surface area contributed by atoms with Gasteiger partial charge in [0.05, 0.1) is 10.6 Å². The second kappa shape index (κ2) is 5.40. The molecular weight excluding hydrogens is 272 g/mol. The van der Waals surface area contributed by atoms with Crippen molar-refractivity contribution in [2.75, 3.05) is 0 Å². The zero-order valence-corrected chi connectivity index (χ0v) is 13.0. The van der Waals surface area contributed by atoms with Crippen LogP contribution in [0.4, 0.5) is 0 Å². The number of aromatic nitrogens is 2. The standard InChI is InChI=1S/C15H20N2O2S/c1-10(2)15-16-9-14(17-15)12(4)20(18,19)13-7-5-11(3)6-8-13/h5-10,12H,1-4H3,(H,16,17). The Labute approximate surface area is 120 Å². The first kappa shape index (κ1) is 14.8. The number of imidazole rings is 1. The fourth-order valence-electron chi connectivity index (χ4n) is 1.95. The predicted octanol–water partition coefficient (Wildman–Crippen LogP) is 3.38. The van der Waals surface area contributed by atoms with Crippen LogP contribution < -0.4 is 0 Å². The molecule has 0 aliphatic rings. The van der Waals surface area contributed by atoms with Crippen LogP contribution in [0.15, 0.2) is 35.4 Å². The van der Waals surface area contributed by atoms with E-state index in [1.807, 2.05) is 32.9 Å². The quantitative estimate of drug-likeness (QED) is 0.939. The summed E-state index contributed by atoms with van der Waals surface area (Å²) in [6.45, 7) is 7.65. The number of aryl methyl sites for hydroxylation is 1. The molecule has 1 unspecified atom stereocenters. The van der Waals surface area contributed by atoms with E-state index in [0.29, 0.717) is 10.6 Å². The van der Waals surface area contributed by atoms with Crippen LogP contribution in [0, 0.1) is 6.92 Å². The van der Waals surface area contributed by atoms with Crippen molar-refractivity contribution >= 4 is 9.84 Å². The summed E-state index contributed by atoms with van der Waals surface area (Å²) in [7, 11) is -3.39. The molecule has 0 bridgehead atoms. The maximum Gasteiger partial charge on any atom is 0.186 e. The first-order valence-electron chi connectivity index (χ1n) is 6.67. The lowest BCUT2D eigenvalue weighted by Crippen LogP contribution is -2.11. The smallest absolute Gasteiger partial charge is 0.186 e. The number of sulfone groups is 1. The number of nitrogens with zero attached hydrogens (tertiary/aromatic N) is 1. The molecule has 1 N–H and O–H groups in total. The van der Waals surface area contributed by atoms with Gasteiger partial charge in [-0.3, -0.25) is 0 Å². The Morgan fingerprint density at radius 2 is 1.70 bits per heavy atom. The van der Waals surface area contributed by atoms with Gasteiger partial charge in [0.1, 0.15) is 11.1 Å². The third kappa shape index (κ3) is 2.77. The zero-order chi connectivity index (χ0) is 14.9. The highest BCUT2D eigenvalue weighted by molar-refractivity contribution is 7.91. The van der Waals surface area contributed by atoms with E-state index < -0.39 is 15.1 Å². The van der Waals surface area contributed by atoms with Gasteiger partial charge in [0.15, 0.2) is 9.84 Å². The molecule has 5 heteroatoms. The van der Waals surface area contributed by atoms with Crippen molar-refractivity contribution in [1.29, 1.82) is 0 Å².